The predicted octanol–water partition coefficient (Wildman–Crippen LogP) is -0.518. The molecule has 7 nitrogen and oxygen atoms in total. The lowest BCUT2D eigenvalue weighted by molar-refractivity contribution is -0.115. The van der Waals surface area contributed by atoms with E-state index in [0.29, 0.717) is 15.7 Å². The maximum Gasteiger partial charge on any atom is 0.268 e. The van der Waals surface area contributed by atoms with Crippen LogP contribution in [0.4, 0.5) is 0 Å². The molecule has 0 saturated heterocycles. The standard InChI is InChI=1S/C12H11N3O2S.C4H6N2/c1-4-6-14-10(16)9(7-13)12-15(5-2)11(17)8(3)18-12;1-4-5-2-3-6-4/h1H,3,5-6H2,2H3,(H,14,16);2-3H,1H3,(H,5,6)/b12-9-;. The molecule has 2 N–H and O–H groups in total. The van der Waals surface area contributed by atoms with Crippen LogP contribution >= 0.6 is 11.3 Å². The van der Waals surface area contributed by atoms with Crippen molar-refractivity contribution in [2.75, 3.05) is 6.54 Å². The van der Waals surface area contributed by atoms with Gasteiger partial charge in [-0.1, -0.05) is 12.5 Å². The molecule has 0 saturated carbocycles. The molecule has 1 amide bonds. The highest BCUT2D eigenvalue weighted by atomic mass is 32.1. The number of aromatic amines is 1. The largest absolute Gasteiger partial charge is 0.349 e. The molecule has 0 aliphatic rings. The summed E-state index contributed by atoms with van der Waals surface area (Å²) in [6.45, 7) is 7.66. The Morgan fingerprint density at radius 3 is 2.75 bits per heavy atom. The van der Waals surface area contributed by atoms with Crippen LogP contribution in [0.25, 0.3) is 12.2 Å². The monoisotopic (exact) mass is 343 g/mol. The SMILES string of the molecule is C#CCNC(=O)/C(C#N)=c1\sc(=C)c(=O)n1CC.Cc1ncc[nH]1. The number of aryl methyl sites for hydroxylation is 1. The molecule has 2 heterocycles. The molecule has 0 bridgehead atoms. The van der Waals surface area contributed by atoms with Crippen molar-refractivity contribution in [3.8, 4) is 18.4 Å². The number of nitrogens with zero attached hydrogens (tertiary/aromatic N) is 3. The minimum absolute atomic E-state index is 0.0307. The van der Waals surface area contributed by atoms with Crippen molar-refractivity contribution in [2.45, 2.75) is 20.4 Å². The van der Waals surface area contributed by atoms with E-state index in [1.54, 1.807) is 25.4 Å². The number of thiazole rings is 1. The van der Waals surface area contributed by atoms with Crippen LogP contribution in [-0.2, 0) is 11.3 Å². The first-order valence-corrected chi connectivity index (χ1v) is 7.78. The van der Waals surface area contributed by atoms with Crippen LogP contribution in [-0.4, -0.2) is 27.0 Å². The molecule has 0 radical (unpaired) electrons. The van der Waals surface area contributed by atoms with Gasteiger partial charge in [0.25, 0.3) is 11.5 Å². The van der Waals surface area contributed by atoms with Crippen molar-refractivity contribution in [3.63, 3.8) is 0 Å². The number of hydrogen-bond acceptors (Lipinski definition) is 5. The third kappa shape index (κ3) is 4.70. The summed E-state index contributed by atoms with van der Waals surface area (Å²) in [5.74, 6) is 2.63. The van der Waals surface area contributed by atoms with Crippen LogP contribution in [0.1, 0.15) is 12.7 Å². The van der Waals surface area contributed by atoms with Gasteiger partial charge in [0, 0.05) is 18.9 Å². The molecule has 24 heavy (non-hydrogen) atoms. The Kier molecular flexibility index (Phi) is 7.21. The molecule has 0 aromatic carbocycles. The van der Waals surface area contributed by atoms with E-state index in [0.717, 1.165) is 17.2 Å². The Hall–Kier alpha value is -3.10. The number of nitrogens with one attached hydrogen (secondary N) is 2. The van der Waals surface area contributed by atoms with Crippen LogP contribution in [0.5, 0.6) is 0 Å². The van der Waals surface area contributed by atoms with Gasteiger partial charge in [0.15, 0.2) is 5.57 Å². The number of carbonyl (C=O) groups excluding carboxylic acids is 1. The molecule has 2 rings (SSSR count). The number of nitriles is 1. The normalized spacial score (nSPS) is 10.7. The Labute approximate surface area is 143 Å². The smallest absolute Gasteiger partial charge is 0.268 e. The average Bonchev–Trinajstić information content (AvgIpc) is 3.14. The van der Waals surface area contributed by atoms with E-state index in [4.69, 9.17) is 11.7 Å². The summed E-state index contributed by atoms with van der Waals surface area (Å²) in [6.07, 6.45) is 8.55. The highest BCUT2D eigenvalue weighted by Gasteiger charge is 2.13. The number of aromatic nitrogens is 3. The number of H-pyrrole nitrogens is 1. The van der Waals surface area contributed by atoms with Crippen LogP contribution in [0.2, 0.25) is 0 Å². The lowest BCUT2D eigenvalue weighted by atomic mass is 10.3. The van der Waals surface area contributed by atoms with Crippen molar-refractivity contribution in [3.05, 3.63) is 37.8 Å². The van der Waals surface area contributed by atoms with E-state index in [1.165, 1.54) is 4.57 Å². The summed E-state index contributed by atoms with van der Waals surface area (Å²) in [6, 6.07) is 1.80. The van der Waals surface area contributed by atoms with Crippen LogP contribution < -0.4 is 20.1 Å². The fraction of sp³-hybridized carbons (Fsp3) is 0.250. The molecule has 2 aromatic rings. The number of imidazole rings is 1. The molecule has 0 spiro atoms. The summed E-state index contributed by atoms with van der Waals surface area (Å²) < 4.78 is 1.95. The fourth-order valence-electron chi connectivity index (χ4n) is 1.69. The fourth-order valence-corrected chi connectivity index (χ4v) is 2.68. The average molecular weight is 343 g/mol. The summed E-state index contributed by atoms with van der Waals surface area (Å²) in [5, 5.41) is 11.4. The van der Waals surface area contributed by atoms with Crippen LogP contribution in [0.15, 0.2) is 17.2 Å². The second-order valence-corrected chi connectivity index (χ2v) is 5.51. The van der Waals surface area contributed by atoms with Gasteiger partial charge in [-0.3, -0.25) is 14.2 Å². The van der Waals surface area contributed by atoms with Crippen LogP contribution in [0, 0.1) is 30.6 Å². The zero-order chi connectivity index (χ0) is 18.1. The third-order valence-corrected chi connectivity index (χ3v) is 3.84. The van der Waals surface area contributed by atoms with E-state index in [9.17, 15) is 9.59 Å². The number of rotatable bonds is 3. The number of hydrogen-bond donors (Lipinski definition) is 2. The maximum absolute atomic E-state index is 11.7. The second-order valence-electron chi connectivity index (χ2n) is 4.43. The molecular formula is C16H17N5O2S. The van der Waals surface area contributed by atoms with E-state index >= 15 is 0 Å². The first-order chi connectivity index (χ1) is 11.5. The van der Waals surface area contributed by atoms with Gasteiger partial charge in [-0.2, -0.15) is 5.26 Å². The minimum Gasteiger partial charge on any atom is -0.349 e. The molecular weight excluding hydrogens is 326 g/mol. The van der Waals surface area contributed by atoms with Gasteiger partial charge in [0.05, 0.1) is 11.1 Å². The zero-order valence-corrected chi connectivity index (χ0v) is 14.2. The molecule has 8 heteroatoms. The van der Waals surface area contributed by atoms with Gasteiger partial charge in [-0.15, -0.1) is 17.8 Å². The first kappa shape index (κ1) is 18.9. The first-order valence-electron chi connectivity index (χ1n) is 6.96. The van der Waals surface area contributed by atoms with Crippen molar-refractivity contribution in [2.24, 2.45) is 0 Å². The number of carbonyl (C=O) groups is 1. The molecule has 124 valence electrons. The highest BCUT2D eigenvalue weighted by Crippen LogP contribution is 1.92. The Bertz CT molecular complexity index is 939. The molecule has 0 aliphatic carbocycles. The van der Waals surface area contributed by atoms with Gasteiger partial charge in [-0.25, -0.2) is 4.98 Å². The van der Waals surface area contributed by atoms with E-state index in [-0.39, 0.29) is 17.7 Å². The Morgan fingerprint density at radius 2 is 2.33 bits per heavy atom. The van der Waals surface area contributed by atoms with Crippen LogP contribution in [0.3, 0.4) is 0 Å². The quantitative estimate of drug-likeness (QED) is 0.732. The van der Waals surface area contributed by atoms with Crippen molar-refractivity contribution >= 4 is 29.4 Å². The minimum atomic E-state index is -0.584. The summed E-state index contributed by atoms with van der Waals surface area (Å²) in [5.41, 5.74) is -0.404. The summed E-state index contributed by atoms with van der Waals surface area (Å²) in [4.78, 5) is 30.2. The number of amides is 1. The van der Waals surface area contributed by atoms with Crippen molar-refractivity contribution < 1.29 is 4.79 Å². The zero-order valence-electron chi connectivity index (χ0n) is 13.4. The second kappa shape index (κ2) is 9.13. The van der Waals surface area contributed by atoms with E-state index < -0.39 is 5.91 Å². The summed E-state index contributed by atoms with van der Waals surface area (Å²) >= 11 is 1.03. The number of terminal acetylenes is 1. The van der Waals surface area contributed by atoms with Gasteiger partial charge >= 0.3 is 0 Å². The van der Waals surface area contributed by atoms with Crippen molar-refractivity contribution in [1.82, 2.24) is 19.9 Å². The lowest BCUT2D eigenvalue weighted by Gasteiger charge is -2.00. The third-order valence-electron chi connectivity index (χ3n) is 2.80. The predicted molar refractivity (Wildman–Crippen MR) is 93.2 cm³/mol. The maximum atomic E-state index is 11.7. The van der Waals surface area contributed by atoms with Gasteiger partial charge in [0.2, 0.25) is 0 Å². The Morgan fingerprint density at radius 1 is 1.62 bits per heavy atom. The molecule has 0 aliphatic heterocycles. The van der Waals surface area contributed by atoms with E-state index in [2.05, 4.69) is 27.8 Å². The summed E-state index contributed by atoms with van der Waals surface area (Å²) in [7, 11) is 0. The van der Waals surface area contributed by atoms with Gasteiger partial charge in [0.1, 0.15) is 16.6 Å². The van der Waals surface area contributed by atoms with Gasteiger partial charge in [-0.05, 0) is 13.8 Å². The van der Waals surface area contributed by atoms with Gasteiger partial charge < -0.3 is 10.3 Å². The lowest BCUT2D eigenvalue weighted by Crippen LogP contribution is -2.34. The topological polar surface area (TPSA) is 104 Å². The molecule has 2 aromatic heterocycles. The highest BCUT2D eigenvalue weighted by molar-refractivity contribution is 7.07. The Balaban J connectivity index is 0.000000400. The molecule has 0 fully saturated rings. The molecule has 0 atom stereocenters. The van der Waals surface area contributed by atoms with Crippen molar-refractivity contribution in [1.29, 1.82) is 5.26 Å². The molecule has 0 unspecified atom stereocenters. The van der Waals surface area contributed by atoms with E-state index in [1.807, 2.05) is 6.92 Å².